The molecular formula is C18H13Cl3N2O. The van der Waals surface area contributed by atoms with Crippen molar-refractivity contribution in [1.29, 1.82) is 0 Å². The molecule has 0 bridgehead atoms. The van der Waals surface area contributed by atoms with E-state index in [0.29, 0.717) is 20.8 Å². The molecule has 0 unspecified atom stereocenters. The van der Waals surface area contributed by atoms with Crippen LogP contribution in [0.5, 0.6) is 0 Å². The lowest BCUT2D eigenvalue weighted by molar-refractivity contribution is -0.114. The first-order valence-electron chi connectivity index (χ1n) is 7.20. The highest BCUT2D eigenvalue weighted by Gasteiger charge is 2.10. The summed E-state index contributed by atoms with van der Waals surface area (Å²) in [6.07, 6.45) is 0. The lowest BCUT2D eigenvalue weighted by Gasteiger charge is -2.11. The van der Waals surface area contributed by atoms with Gasteiger partial charge in [0.25, 0.3) is 0 Å². The number of carbonyl (C=O) groups is 1. The molecule has 6 heteroatoms. The van der Waals surface area contributed by atoms with Crippen LogP contribution in [0, 0.1) is 0 Å². The van der Waals surface area contributed by atoms with Gasteiger partial charge in [0.05, 0.1) is 27.3 Å². The first-order valence-corrected chi connectivity index (χ1v) is 8.34. The maximum Gasteiger partial charge on any atom is 0.243 e. The third-order valence-electron chi connectivity index (χ3n) is 3.51. The van der Waals surface area contributed by atoms with Gasteiger partial charge in [0.2, 0.25) is 5.91 Å². The molecule has 24 heavy (non-hydrogen) atoms. The van der Waals surface area contributed by atoms with Crippen LogP contribution in [0.3, 0.4) is 0 Å². The van der Waals surface area contributed by atoms with Crippen molar-refractivity contribution in [1.82, 2.24) is 0 Å². The number of amides is 1. The number of anilines is 2. The number of carbonyl (C=O) groups excluding carboxylic acids is 1. The van der Waals surface area contributed by atoms with Crippen molar-refractivity contribution in [3.05, 3.63) is 69.7 Å². The van der Waals surface area contributed by atoms with E-state index in [-0.39, 0.29) is 12.5 Å². The minimum atomic E-state index is -0.233. The summed E-state index contributed by atoms with van der Waals surface area (Å²) in [5, 5.41) is 9.03. The normalized spacial score (nSPS) is 10.6. The second-order valence-electron chi connectivity index (χ2n) is 5.17. The summed E-state index contributed by atoms with van der Waals surface area (Å²) >= 11 is 17.9. The second kappa shape index (κ2) is 7.31. The Morgan fingerprint density at radius 3 is 2.38 bits per heavy atom. The molecule has 0 spiro atoms. The fourth-order valence-corrected chi connectivity index (χ4v) is 2.96. The number of hydrogen-bond acceptors (Lipinski definition) is 2. The van der Waals surface area contributed by atoms with E-state index >= 15 is 0 Å². The van der Waals surface area contributed by atoms with Crippen molar-refractivity contribution in [2.45, 2.75) is 0 Å². The van der Waals surface area contributed by atoms with E-state index in [0.717, 1.165) is 16.5 Å². The van der Waals surface area contributed by atoms with Crippen LogP contribution in [0.15, 0.2) is 54.6 Å². The van der Waals surface area contributed by atoms with Crippen molar-refractivity contribution in [2.75, 3.05) is 17.2 Å². The molecule has 0 saturated heterocycles. The monoisotopic (exact) mass is 378 g/mol. The fourth-order valence-electron chi connectivity index (χ4n) is 2.37. The number of benzene rings is 3. The van der Waals surface area contributed by atoms with Gasteiger partial charge in [-0.1, -0.05) is 71.2 Å². The molecular weight excluding hydrogens is 367 g/mol. The lowest BCUT2D eigenvalue weighted by Crippen LogP contribution is -2.22. The Kier molecular flexibility index (Phi) is 5.14. The van der Waals surface area contributed by atoms with Gasteiger partial charge in [-0.2, -0.15) is 0 Å². The maximum absolute atomic E-state index is 12.2. The Balaban J connectivity index is 1.71. The Labute approximate surface area is 154 Å². The molecule has 0 radical (unpaired) electrons. The number of halogens is 3. The van der Waals surface area contributed by atoms with Crippen LogP contribution in [0.2, 0.25) is 15.1 Å². The molecule has 3 rings (SSSR count). The lowest BCUT2D eigenvalue weighted by atomic mass is 10.1. The predicted molar refractivity (Wildman–Crippen MR) is 103 cm³/mol. The number of hydrogen-bond donors (Lipinski definition) is 2. The Morgan fingerprint density at radius 1 is 0.833 bits per heavy atom. The maximum atomic E-state index is 12.2. The molecule has 3 aromatic rings. The van der Waals surface area contributed by atoms with Gasteiger partial charge in [-0.05, 0) is 23.6 Å². The first-order chi connectivity index (χ1) is 11.5. The zero-order valence-electron chi connectivity index (χ0n) is 12.4. The van der Waals surface area contributed by atoms with Gasteiger partial charge in [-0.3, -0.25) is 4.79 Å². The van der Waals surface area contributed by atoms with Gasteiger partial charge in [-0.15, -0.1) is 0 Å². The van der Waals surface area contributed by atoms with Gasteiger partial charge < -0.3 is 10.6 Å². The summed E-state index contributed by atoms with van der Waals surface area (Å²) in [7, 11) is 0. The van der Waals surface area contributed by atoms with Crippen molar-refractivity contribution in [3.63, 3.8) is 0 Å². The van der Waals surface area contributed by atoms with Crippen LogP contribution in [-0.4, -0.2) is 12.5 Å². The highest BCUT2D eigenvalue weighted by molar-refractivity contribution is 6.44. The molecule has 122 valence electrons. The summed E-state index contributed by atoms with van der Waals surface area (Å²) in [5.41, 5.74) is 1.32. The molecule has 0 aromatic heterocycles. The molecule has 0 aliphatic carbocycles. The summed E-state index contributed by atoms with van der Waals surface area (Å²) in [6.45, 7) is 0.102. The quantitative estimate of drug-likeness (QED) is 0.558. The average molecular weight is 380 g/mol. The summed E-state index contributed by atoms with van der Waals surface area (Å²) in [6, 6.07) is 16.9. The van der Waals surface area contributed by atoms with E-state index < -0.39 is 0 Å². The predicted octanol–water partition coefficient (Wildman–Crippen LogP) is 5.85. The van der Waals surface area contributed by atoms with Crippen LogP contribution < -0.4 is 10.6 Å². The van der Waals surface area contributed by atoms with Gasteiger partial charge in [0.15, 0.2) is 0 Å². The zero-order chi connectivity index (χ0) is 17.1. The molecule has 0 heterocycles. The smallest absolute Gasteiger partial charge is 0.243 e. The van der Waals surface area contributed by atoms with Crippen molar-refractivity contribution in [3.8, 4) is 0 Å². The number of rotatable bonds is 4. The molecule has 0 aliphatic heterocycles. The third-order valence-corrected chi connectivity index (χ3v) is 4.55. The minimum absolute atomic E-state index is 0.102. The molecule has 2 N–H and O–H groups in total. The molecule has 3 nitrogen and oxygen atoms in total. The van der Waals surface area contributed by atoms with E-state index in [1.165, 1.54) is 12.1 Å². The van der Waals surface area contributed by atoms with E-state index in [1.807, 2.05) is 42.5 Å². The standard InChI is InChI=1S/C18H13Cl3N2O/c19-13-8-15(21)17(9-14(13)20)23-18(24)10-22-16-7-3-5-11-4-1-2-6-12(11)16/h1-9,22H,10H2,(H,23,24). The van der Waals surface area contributed by atoms with Crippen LogP contribution in [0.4, 0.5) is 11.4 Å². The Morgan fingerprint density at radius 2 is 1.54 bits per heavy atom. The van der Waals surface area contributed by atoms with Crippen molar-refractivity contribution in [2.24, 2.45) is 0 Å². The average Bonchev–Trinajstić information content (AvgIpc) is 2.58. The fraction of sp³-hybridized carbons (Fsp3) is 0.0556. The summed E-state index contributed by atoms with van der Waals surface area (Å²) in [4.78, 5) is 12.2. The van der Waals surface area contributed by atoms with Gasteiger partial charge in [0, 0.05) is 11.1 Å². The zero-order valence-corrected chi connectivity index (χ0v) is 14.7. The molecule has 0 atom stereocenters. The Hall–Kier alpha value is -1.94. The highest BCUT2D eigenvalue weighted by atomic mass is 35.5. The van der Waals surface area contributed by atoms with Gasteiger partial charge in [-0.25, -0.2) is 0 Å². The van der Waals surface area contributed by atoms with E-state index in [2.05, 4.69) is 10.6 Å². The van der Waals surface area contributed by atoms with Gasteiger partial charge >= 0.3 is 0 Å². The topological polar surface area (TPSA) is 41.1 Å². The van der Waals surface area contributed by atoms with Crippen LogP contribution in [0.1, 0.15) is 0 Å². The molecule has 0 fully saturated rings. The summed E-state index contributed by atoms with van der Waals surface area (Å²) in [5.74, 6) is -0.233. The molecule has 3 aromatic carbocycles. The molecule has 0 saturated carbocycles. The van der Waals surface area contributed by atoms with E-state index in [1.54, 1.807) is 0 Å². The van der Waals surface area contributed by atoms with Crippen LogP contribution in [-0.2, 0) is 4.79 Å². The van der Waals surface area contributed by atoms with Crippen molar-refractivity contribution < 1.29 is 4.79 Å². The molecule has 0 aliphatic rings. The summed E-state index contributed by atoms with van der Waals surface area (Å²) < 4.78 is 0. The Bertz CT molecular complexity index is 907. The van der Waals surface area contributed by atoms with E-state index in [9.17, 15) is 4.79 Å². The highest BCUT2D eigenvalue weighted by Crippen LogP contribution is 2.32. The number of fused-ring (bicyclic) bond motifs is 1. The van der Waals surface area contributed by atoms with Crippen molar-refractivity contribution >= 4 is 62.9 Å². The van der Waals surface area contributed by atoms with Gasteiger partial charge in [0.1, 0.15) is 0 Å². The second-order valence-corrected chi connectivity index (χ2v) is 6.40. The minimum Gasteiger partial charge on any atom is -0.376 e. The SMILES string of the molecule is O=C(CNc1cccc2ccccc12)Nc1cc(Cl)c(Cl)cc1Cl. The molecule has 1 amide bonds. The largest absolute Gasteiger partial charge is 0.376 e. The van der Waals surface area contributed by atoms with E-state index in [4.69, 9.17) is 34.8 Å². The first kappa shape index (κ1) is 16.9. The van der Waals surface area contributed by atoms with Crippen LogP contribution >= 0.6 is 34.8 Å². The number of nitrogens with one attached hydrogen (secondary N) is 2. The van der Waals surface area contributed by atoms with Crippen LogP contribution in [0.25, 0.3) is 10.8 Å². The third kappa shape index (κ3) is 3.75.